The van der Waals surface area contributed by atoms with Gasteiger partial charge in [0.1, 0.15) is 5.69 Å². The molecule has 24 heavy (non-hydrogen) atoms. The molecule has 0 amide bonds. The minimum absolute atomic E-state index is 0.00346. The van der Waals surface area contributed by atoms with Crippen LogP contribution in [0.1, 0.15) is 39.0 Å². The van der Waals surface area contributed by atoms with E-state index in [4.69, 9.17) is 0 Å². The molecule has 7 nitrogen and oxygen atoms in total. The van der Waals surface area contributed by atoms with E-state index in [1.807, 2.05) is 0 Å². The van der Waals surface area contributed by atoms with Gasteiger partial charge in [-0.3, -0.25) is 10.1 Å². The summed E-state index contributed by atoms with van der Waals surface area (Å²) in [5.74, 6) is 0. The molecule has 1 aromatic rings. The summed E-state index contributed by atoms with van der Waals surface area (Å²) >= 11 is 0. The number of rotatable bonds is 7. The van der Waals surface area contributed by atoms with Crippen LogP contribution >= 0.6 is 0 Å². The van der Waals surface area contributed by atoms with E-state index < -0.39 is 14.9 Å². The maximum atomic E-state index is 12.7. The fourth-order valence-corrected chi connectivity index (χ4v) is 4.44. The van der Waals surface area contributed by atoms with Gasteiger partial charge in [0.05, 0.1) is 9.82 Å². The number of piperidine rings is 1. The van der Waals surface area contributed by atoms with E-state index in [2.05, 4.69) is 6.92 Å². The SMILES string of the molecule is CCCCN(C)c1ccc(S(=O)(=O)N2CCCCC2)cc1[N+](=O)[O-]. The second-order valence-corrected chi connectivity index (χ2v) is 8.09. The van der Waals surface area contributed by atoms with E-state index in [9.17, 15) is 18.5 Å². The number of benzene rings is 1. The Morgan fingerprint density at radius 2 is 1.92 bits per heavy atom. The molecule has 134 valence electrons. The molecule has 1 aromatic carbocycles. The van der Waals surface area contributed by atoms with Gasteiger partial charge in [-0.15, -0.1) is 0 Å². The van der Waals surface area contributed by atoms with Gasteiger partial charge in [-0.2, -0.15) is 4.31 Å². The molecule has 0 bridgehead atoms. The number of nitro groups is 1. The van der Waals surface area contributed by atoms with Crippen molar-refractivity contribution < 1.29 is 13.3 Å². The normalized spacial score (nSPS) is 16.1. The summed E-state index contributed by atoms with van der Waals surface area (Å²) in [6, 6.07) is 4.22. The Kier molecular flexibility index (Phi) is 6.17. The third-order valence-corrected chi connectivity index (χ3v) is 6.25. The van der Waals surface area contributed by atoms with Crippen LogP contribution in [0, 0.1) is 10.1 Å². The molecule has 0 saturated carbocycles. The van der Waals surface area contributed by atoms with Crippen molar-refractivity contribution in [2.75, 3.05) is 31.6 Å². The highest BCUT2D eigenvalue weighted by atomic mass is 32.2. The van der Waals surface area contributed by atoms with Crippen LogP contribution in [0.15, 0.2) is 23.1 Å². The topological polar surface area (TPSA) is 83.8 Å². The molecule has 1 saturated heterocycles. The number of sulfonamides is 1. The Balaban J connectivity index is 2.36. The van der Waals surface area contributed by atoms with E-state index in [-0.39, 0.29) is 10.6 Å². The summed E-state index contributed by atoms with van der Waals surface area (Å²) in [6.45, 7) is 3.70. The predicted octanol–water partition coefficient (Wildman–Crippen LogP) is 3.01. The van der Waals surface area contributed by atoms with Crippen molar-refractivity contribution in [3.05, 3.63) is 28.3 Å². The van der Waals surface area contributed by atoms with Gasteiger partial charge in [-0.1, -0.05) is 19.8 Å². The van der Waals surface area contributed by atoms with Crippen molar-refractivity contribution in [1.82, 2.24) is 4.31 Å². The van der Waals surface area contributed by atoms with E-state index >= 15 is 0 Å². The van der Waals surface area contributed by atoms with Crippen LogP contribution in [0.2, 0.25) is 0 Å². The molecule has 0 unspecified atom stereocenters. The predicted molar refractivity (Wildman–Crippen MR) is 93.9 cm³/mol. The molecule has 0 atom stereocenters. The number of anilines is 1. The summed E-state index contributed by atoms with van der Waals surface area (Å²) in [6.07, 6.45) is 4.59. The molecule has 1 fully saturated rings. The molecule has 2 rings (SSSR count). The zero-order chi connectivity index (χ0) is 17.7. The highest BCUT2D eigenvalue weighted by Gasteiger charge is 2.29. The maximum absolute atomic E-state index is 12.7. The molecular weight excluding hydrogens is 330 g/mol. The Labute approximate surface area is 143 Å². The Morgan fingerprint density at radius 1 is 1.25 bits per heavy atom. The number of nitrogens with zero attached hydrogens (tertiary/aromatic N) is 3. The fourth-order valence-electron chi connectivity index (χ4n) is 2.90. The molecule has 0 N–H and O–H groups in total. The Morgan fingerprint density at radius 3 is 2.50 bits per heavy atom. The highest BCUT2D eigenvalue weighted by Crippen LogP contribution is 2.32. The van der Waals surface area contributed by atoms with Crippen molar-refractivity contribution in [3.8, 4) is 0 Å². The summed E-state index contributed by atoms with van der Waals surface area (Å²) in [7, 11) is -1.88. The maximum Gasteiger partial charge on any atom is 0.293 e. The van der Waals surface area contributed by atoms with Gasteiger partial charge in [-0.25, -0.2) is 8.42 Å². The molecular formula is C16H25N3O4S. The van der Waals surface area contributed by atoms with E-state index in [0.29, 0.717) is 25.3 Å². The van der Waals surface area contributed by atoms with Crippen LogP contribution in [-0.2, 0) is 10.0 Å². The fraction of sp³-hybridized carbons (Fsp3) is 0.625. The first kappa shape index (κ1) is 18.7. The molecule has 0 radical (unpaired) electrons. The monoisotopic (exact) mass is 355 g/mol. The number of nitro benzene ring substituents is 1. The average Bonchev–Trinajstić information content (AvgIpc) is 2.59. The lowest BCUT2D eigenvalue weighted by Crippen LogP contribution is -2.35. The first-order chi connectivity index (χ1) is 11.4. The number of hydrogen-bond donors (Lipinski definition) is 0. The van der Waals surface area contributed by atoms with Gasteiger partial charge in [0.25, 0.3) is 5.69 Å². The lowest BCUT2D eigenvalue weighted by atomic mass is 10.2. The minimum atomic E-state index is -3.67. The molecule has 1 heterocycles. The Hall–Kier alpha value is -1.67. The van der Waals surface area contributed by atoms with Gasteiger partial charge in [0, 0.05) is 32.7 Å². The van der Waals surface area contributed by atoms with Crippen LogP contribution < -0.4 is 4.90 Å². The average molecular weight is 355 g/mol. The standard InChI is InChI=1S/C16H25N3O4S/c1-3-4-10-17(2)15-9-8-14(13-16(15)19(20)21)24(22,23)18-11-6-5-7-12-18/h8-9,13H,3-7,10-12H2,1-2H3. The van der Waals surface area contributed by atoms with Crippen LogP contribution in [0.25, 0.3) is 0 Å². The zero-order valence-corrected chi connectivity index (χ0v) is 15.1. The summed E-state index contributed by atoms with van der Waals surface area (Å²) in [5.41, 5.74) is 0.290. The van der Waals surface area contributed by atoms with Crippen LogP contribution in [-0.4, -0.2) is 44.3 Å². The summed E-state index contributed by atoms with van der Waals surface area (Å²) in [4.78, 5) is 12.7. The van der Waals surface area contributed by atoms with Gasteiger partial charge in [0.2, 0.25) is 10.0 Å². The third kappa shape index (κ3) is 4.05. The van der Waals surface area contributed by atoms with Crippen LogP contribution in [0.5, 0.6) is 0 Å². The quantitative estimate of drug-likeness (QED) is 0.554. The van der Waals surface area contributed by atoms with Gasteiger partial charge < -0.3 is 4.90 Å². The lowest BCUT2D eigenvalue weighted by molar-refractivity contribution is -0.384. The van der Waals surface area contributed by atoms with Crippen LogP contribution in [0.3, 0.4) is 0 Å². The van der Waals surface area contributed by atoms with Gasteiger partial charge in [0.15, 0.2) is 0 Å². The van der Waals surface area contributed by atoms with Crippen molar-refractivity contribution in [2.24, 2.45) is 0 Å². The number of unbranched alkanes of at least 4 members (excludes halogenated alkanes) is 1. The van der Waals surface area contributed by atoms with Crippen molar-refractivity contribution in [2.45, 2.75) is 43.9 Å². The second-order valence-electron chi connectivity index (χ2n) is 6.15. The summed E-state index contributed by atoms with van der Waals surface area (Å²) in [5, 5.41) is 11.4. The Bertz CT molecular complexity index is 685. The van der Waals surface area contributed by atoms with Gasteiger partial charge in [-0.05, 0) is 31.4 Å². The molecule has 0 spiro atoms. The van der Waals surface area contributed by atoms with Crippen molar-refractivity contribution >= 4 is 21.4 Å². The molecule has 1 aliphatic heterocycles. The smallest absolute Gasteiger partial charge is 0.293 e. The minimum Gasteiger partial charge on any atom is -0.369 e. The zero-order valence-electron chi connectivity index (χ0n) is 14.3. The first-order valence-corrected chi connectivity index (χ1v) is 9.81. The lowest BCUT2D eigenvalue weighted by Gasteiger charge is -2.26. The second kappa shape index (κ2) is 7.94. The first-order valence-electron chi connectivity index (χ1n) is 8.37. The molecule has 8 heteroatoms. The summed E-state index contributed by atoms with van der Waals surface area (Å²) < 4.78 is 26.8. The number of hydrogen-bond acceptors (Lipinski definition) is 5. The highest BCUT2D eigenvalue weighted by molar-refractivity contribution is 7.89. The molecule has 1 aliphatic rings. The largest absolute Gasteiger partial charge is 0.369 e. The van der Waals surface area contributed by atoms with Crippen LogP contribution in [0.4, 0.5) is 11.4 Å². The van der Waals surface area contributed by atoms with Crippen molar-refractivity contribution in [1.29, 1.82) is 0 Å². The van der Waals surface area contributed by atoms with Gasteiger partial charge >= 0.3 is 0 Å². The molecule has 0 aromatic heterocycles. The van der Waals surface area contributed by atoms with E-state index in [1.54, 1.807) is 18.0 Å². The molecule has 0 aliphatic carbocycles. The van der Waals surface area contributed by atoms with E-state index in [0.717, 1.165) is 32.1 Å². The third-order valence-electron chi connectivity index (χ3n) is 4.35. The van der Waals surface area contributed by atoms with Crippen molar-refractivity contribution in [3.63, 3.8) is 0 Å². The van der Waals surface area contributed by atoms with E-state index in [1.165, 1.54) is 16.4 Å².